The second-order valence-electron chi connectivity index (χ2n) is 4.17. The summed E-state index contributed by atoms with van der Waals surface area (Å²) in [5, 5.41) is 0. The van der Waals surface area contributed by atoms with Crippen molar-refractivity contribution in [3.05, 3.63) is 0 Å². The van der Waals surface area contributed by atoms with Gasteiger partial charge in [0.05, 0.1) is 6.61 Å². The summed E-state index contributed by atoms with van der Waals surface area (Å²) in [4.78, 5) is 2.55. The third kappa shape index (κ3) is 3.56. The maximum atomic E-state index is 5.78. The average molecular weight is 200 g/mol. The quantitative estimate of drug-likeness (QED) is 0.640. The Morgan fingerprint density at radius 2 is 2.21 bits per heavy atom. The molecular weight excluding hydrogens is 176 g/mol. The smallest absolute Gasteiger partial charge is 0.0630 e. The van der Waals surface area contributed by atoms with E-state index >= 15 is 0 Å². The van der Waals surface area contributed by atoms with Crippen molar-refractivity contribution in [3.63, 3.8) is 0 Å². The van der Waals surface area contributed by atoms with Crippen LogP contribution in [0.1, 0.15) is 32.6 Å². The molecule has 3 heteroatoms. The van der Waals surface area contributed by atoms with Crippen LogP contribution in [-0.4, -0.2) is 43.8 Å². The molecule has 0 bridgehead atoms. The molecule has 1 saturated carbocycles. The summed E-state index contributed by atoms with van der Waals surface area (Å²) in [5.41, 5.74) is 5.78. The Bertz CT molecular complexity index is 148. The summed E-state index contributed by atoms with van der Waals surface area (Å²) in [7, 11) is 1.76. The van der Waals surface area contributed by atoms with Crippen molar-refractivity contribution >= 4 is 0 Å². The number of hydrogen-bond acceptors (Lipinski definition) is 3. The maximum absolute atomic E-state index is 5.78. The van der Waals surface area contributed by atoms with Crippen LogP contribution >= 0.6 is 0 Å². The average Bonchev–Trinajstić information content (AvgIpc) is 3.00. The number of nitrogens with two attached hydrogens (primary N) is 1. The van der Waals surface area contributed by atoms with Gasteiger partial charge in [-0.05, 0) is 25.8 Å². The van der Waals surface area contributed by atoms with Gasteiger partial charge in [0.15, 0.2) is 0 Å². The number of hydrogen-bond donors (Lipinski definition) is 1. The van der Waals surface area contributed by atoms with Gasteiger partial charge in [0.1, 0.15) is 0 Å². The summed E-state index contributed by atoms with van der Waals surface area (Å²) in [6.07, 6.45) is 5.23. The fraction of sp³-hybridized carbons (Fsp3) is 1.00. The van der Waals surface area contributed by atoms with Crippen LogP contribution in [0.15, 0.2) is 0 Å². The molecule has 0 aliphatic heterocycles. The summed E-state index contributed by atoms with van der Waals surface area (Å²) >= 11 is 0. The fourth-order valence-electron chi connectivity index (χ4n) is 1.90. The molecule has 3 nitrogen and oxygen atoms in total. The largest absolute Gasteiger partial charge is 0.383 e. The molecule has 14 heavy (non-hydrogen) atoms. The van der Waals surface area contributed by atoms with Gasteiger partial charge in [0.2, 0.25) is 0 Å². The molecular formula is C11H24N2O. The standard InChI is InChI=1S/C11H24N2O/c1-3-4-7-13(10-5-6-10)11(8-12)9-14-2/h10-11H,3-9,12H2,1-2H3. The van der Waals surface area contributed by atoms with Crippen LogP contribution in [0.3, 0.4) is 0 Å². The molecule has 0 heterocycles. The maximum Gasteiger partial charge on any atom is 0.0630 e. The van der Waals surface area contributed by atoms with E-state index in [1.807, 2.05) is 0 Å². The van der Waals surface area contributed by atoms with Crippen LogP contribution in [-0.2, 0) is 4.74 Å². The number of unbranched alkanes of at least 4 members (excludes halogenated alkanes) is 1. The molecule has 0 spiro atoms. The number of rotatable bonds is 8. The third-order valence-corrected chi connectivity index (χ3v) is 2.89. The van der Waals surface area contributed by atoms with Crippen LogP contribution in [0.4, 0.5) is 0 Å². The summed E-state index contributed by atoms with van der Waals surface area (Å²) < 4.78 is 5.21. The zero-order valence-electron chi connectivity index (χ0n) is 9.54. The van der Waals surface area contributed by atoms with E-state index in [4.69, 9.17) is 10.5 Å². The van der Waals surface area contributed by atoms with E-state index in [1.165, 1.54) is 32.2 Å². The molecule has 1 aliphatic carbocycles. The van der Waals surface area contributed by atoms with Crippen LogP contribution < -0.4 is 5.73 Å². The highest BCUT2D eigenvalue weighted by atomic mass is 16.5. The Labute approximate surface area is 87.6 Å². The lowest BCUT2D eigenvalue weighted by Crippen LogP contribution is -2.45. The normalized spacial score (nSPS) is 18.9. The molecule has 1 atom stereocenters. The first-order valence-corrected chi connectivity index (χ1v) is 5.78. The molecule has 1 fully saturated rings. The molecule has 1 aliphatic rings. The Morgan fingerprint density at radius 3 is 2.64 bits per heavy atom. The van der Waals surface area contributed by atoms with Gasteiger partial charge in [-0.25, -0.2) is 0 Å². The third-order valence-electron chi connectivity index (χ3n) is 2.89. The van der Waals surface area contributed by atoms with Crippen molar-refractivity contribution in [1.82, 2.24) is 4.90 Å². The molecule has 0 aromatic carbocycles. The zero-order valence-corrected chi connectivity index (χ0v) is 9.54. The molecule has 0 aromatic rings. The monoisotopic (exact) mass is 200 g/mol. The predicted molar refractivity (Wildman–Crippen MR) is 59.4 cm³/mol. The van der Waals surface area contributed by atoms with E-state index in [-0.39, 0.29) is 0 Å². The second kappa shape index (κ2) is 6.38. The van der Waals surface area contributed by atoms with Gasteiger partial charge in [0, 0.05) is 25.7 Å². The van der Waals surface area contributed by atoms with E-state index in [0.717, 1.165) is 12.6 Å². The lowest BCUT2D eigenvalue weighted by atomic mass is 10.2. The van der Waals surface area contributed by atoms with Gasteiger partial charge >= 0.3 is 0 Å². The Balaban J connectivity index is 2.37. The lowest BCUT2D eigenvalue weighted by molar-refractivity contribution is 0.0876. The van der Waals surface area contributed by atoms with E-state index in [2.05, 4.69) is 11.8 Å². The number of ether oxygens (including phenoxy) is 1. The van der Waals surface area contributed by atoms with Gasteiger partial charge in [-0.1, -0.05) is 13.3 Å². The van der Waals surface area contributed by atoms with Gasteiger partial charge < -0.3 is 10.5 Å². The minimum Gasteiger partial charge on any atom is -0.383 e. The molecule has 0 saturated heterocycles. The molecule has 2 N–H and O–H groups in total. The van der Waals surface area contributed by atoms with Gasteiger partial charge in [-0.15, -0.1) is 0 Å². The van der Waals surface area contributed by atoms with Gasteiger partial charge in [-0.3, -0.25) is 4.90 Å². The first-order chi connectivity index (χ1) is 6.83. The Morgan fingerprint density at radius 1 is 1.50 bits per heavy atom. The van der Waals surface area contributed by atoms with E-state index in [1.54, 1.807) is 7.11 Å². The van der Waals surface area contributed by atoms with Crippen LogP contribution in [0.25, 0.3) is 0 Å². The highest BCUT2D eigenvalue weighted by Crippen LogP contribution is 2.28. The second-order valence-corrected chi connectivity index (χ2v) is 4.17. The molecule has 0 aromatic heterocycles. The lowest BCUT2D eigenvalue weighted by Gasteiger charge is -2.30. The number of methoxy groups -OCH3 is 1. The predicted octanol–water partition coefficient (Wildman–Crippen LogP) is 1.22. The van der Waals surface area contributed by atoms with Gasteiger partial charge in [-0.2, -0.15) is 0 Å². The van der Waals surface area contributed by atoms with Crippen molar-refractivity contribution in [1.29, 1.82) is 0 Å². The van der Waals surface area contributed by atoms with Crippen LogP contribution in [0, 0.1) is 0 Å². The first-order valence-electron chi connectivity index (χ1n) is 5.78. The zero-order chi connectivity index (χ0) is 10.4. The van der Waals surface area contributed by atoms with Gasteiger partial charge in [0.25, 0.3) is 0 Å². The van der Waals surface area contributed by atoms with Crippen molar-refractivity contribution in [2.75, 3.05) is 26.8 Å². The van der Waals surface area contributed by atoms with Crippen molar-refractivity contribution in [2.24, 2.45) is 5.73 Å². The number of nitrogens with zero attached hydrogens (tertiary/aromatic N) is 1. The summed E-state index contributed by atoms with van der Waals surface area (Å²) in [6.45, 7) is 4.91. The highest BCUT2D eigenvalue weighted by Gasteiger charge is 2.32. The summed E-state index contributed by atoms with van der Waals surface area (Å²) in [5.74, 6) is 0. The molecule has 1 rings (SSSR count). The topological polar surface area (TPSA) is 38.5 Å². The van der Waals surface area contributed by atoms with Crippen molar-refractivity contribution < 1.29 is 4.74 Å². The van der Waals surface area contributed by atoms with Crippen LogP contribution in [0.5, 0.6) is 0 Å². The first kappa shape index (κ1) is 12.0. The van der Waals surface area contributed by atoms with E-state index in [9.17, 15) is 0 Å². The van der Waals surface area contributed by atoms with E-state index in [0.29, 0.717) is 12.6 Å². The molecule has 84 valence electrons. The Kier molecular flexibility index (Phi) is 5.45. The fourth-order valence-corrected chi connectivity index (χ4v) is 1.90. The van der Waals surface area contributed by atoms with E-state index < -0.39 is 0 Å². The minimum atomic E-state index is 0.430. The highest BCUT2D eigenvalue weighted by molar-refractivity contribution is 4.89. The molecule has 0 amide bonds. The minimum absolute atomic E-state index is 0.430. The SMILES string of the molecule is CCCCN(C1CC1)C(CN)COC. The van der Waals surface area contributed by atoms with Crippen LogP contribution in [0.2, 0.25) is 0 Å². The molecule has 1 unspecified atom stereocenters. The summed E-state index contributed by atoms with van der Waals surface area (Å²) in [6, 6.07) is 1.23. The Hall–Kier alpha value is -0.120. The molecule has 0 radical (unpaired) electrons. The van der Waals surface area contributed by atoms with Crippen molar-refractivity contribution in [3.8, 4) is 0 Å². The van der Waals surface area contributed by atoms with Crippen molar-refractivity contribution in [2.45, 2.75) is 44.7 Å².